The Balaban J connectivity index is 1.53. The van der Waals surface area contributed by atoms with Crippen molar-refractivity contribution >= 4 is 28.6 Å². The van der Waals surface area contributed by atoms with E-state index in [9.17, 15) is 18.0 Å². The van der Waals surface area contributed by atoms with Crippen LogP contribution >= 0.6 is 11.3 Å². The van der Waals surface area contributed by atoms with Gasteiger partial charge in [-0.25, -0.2) is 0 Å². The molecule has 1 aliphatic heterocycles. The van der Waals surface area contributed by atoms with Crippen molar-refractivity contribution in [1.82, 2.24) is 20.2 Å². The number of hydrogen-bond donors (Lipinski definition) is 1. The van der Waals surface area contributed by atoms with E-state index < -0.39 is 17.6 Å². The molecule has 1 aromatic carbocycles. The van der Waals surface area contributed by atoms with Crippen LogP contribution in [0.4, 0.5) is 24.5 Å². The summed E-state index contributed by atoms with van der Waals surface area (Å²) in [5.74, 6) is -0.131. The first-order valence-corrected chi connectivity index (χ1v) is 10.4. The fraction of sp³-hybridized carbons (Fsp3) is 0.368. The van der Waals surface area contributed by atoms with Gasteiger partial charge in [-0.3, -0.25) is 4.79 Å². The topological polar surface area (TPSA) is 75.9 Å². The summed E-state index contributed by atoms with van der Waals surface area (Å²) in [6.45, 7) is 1.22. The van der Waals surface area contributed by atoms with E-state index in [-0.39, 0.29) is 12.2 Å². The van der Waals surface area contributed by atoms with E-state index in [1.54, 1.807) is 0 Å². The Bertz CT molecular complexity index is 1010. The summed E-state index contributed by atoms with van der Waals surface area (Å²) in [4.78, 5) is 16.5. The largest absolute Gasteiger partial charge is 0.416 e. The van der Waals surface area contributed by atoms with Gasteiger partial charge in [0.1, 0.15) is 6.54 Å². The van der Waals surface area contributed by atoms with Crippen molar-refractivity contribution in [3.05, 3.63) is 41.3 Å². The van der Waals surface area contributed by atoms with E-state index >= 15 is 0 Å². The zero-order valence-electron chi connectivity index (χ0n) is 15.9. The number of alkyl halides is 3. The SMILES string of the molecule is O=C(Cn1nnc(-c2cccs2)n1)Nc1cc(C(F)(F)F)ccc1N1CCCCC1. The summed E-state index contributed by atoms with van der Waals surface area (Å²) in [6.07, 6.45) is -1.49. The molecule has 0 unspecified atom stereocenters. The molecular formula is C19H19F3N6OS. The quantitative estimate of drug-likeness (QED) is 0.653. The first-order chi connectivity index (χ1) is 14.4. The highest BCUT2D eigenvalue weighted by atomic mass is 32.1. The van der Waals surface area contributed by atoms with E-state index in [4.69, 9.17) is 0 Å². The molecule has 30 heavy (non-hydrogen) atoms. The van der Waals surface area contributed by atoms with Crippen LogP contribution in [-0.2, 0) is 17.5 Å². The lowest BCUT2D eigenvalue weighted by Gasteiger charge is -2.31. The number of carbonyl (C=O) groups is 1. The molecule has 0 aliphatic carbocycles. The molecule has 1 saturated heterocycles. The van der Waals surface area contributed by atoms with Crippen LogP contribution in [0.1, 0.15) is 24.8 Å². The first kappa shape index (κ1) is 20.3. The summed E-state index contributed by atoms with van der Waals surface area (Å²) in [5.41, 5.74) is -0.0883. The molecule has 0 bridgehead atoms. The maximum Gasteiger partial charge on any atom is 0.416 e. The number of halogens is 3. The van der Waals surface area contributed by atoms with Crippen LogP contribution in [0.25, 0.3) is 10.7 Å². The number of anilines is 2. The Morgan fingerprint density at radius 3 is 2.67 bits per heavy atom. The third-order valence-corrected chi connectivity index (χ3v) is 5.64. The van der Waals surface area contributed by atoms with Crippen LogP contribution in [0, 0.1) is 0 Å². The van der Waals surface area contributed by atoms with Gasteiger partial charge in [0.05, 0.1) is 21.8 Å². The number of tetrazole rings is 1. The van der Waals surface area contributed by atoms with Gasteiger partial charge in [0.25, 0.3) is 0 Å². The van der Waals surface area contributed by atoms with Crippen molar-refractivity contribution in [2.24, 2.45) is 0 Å². The van der Waals surface area contributed by atoms with Crippen LogP contribution in [0.2, 0.25) is 0 Å². The molecule has 0 spiro atoms. The van der Waals surface area contributed by atoms with Crippen molar-refractivity contribution in [2.75, 3.05) is 23.3 Å². The predicted octanol–water partition coefficient (Wildman–Crippen LogP) is 4.05. The van der Waals surface area contributed by atoms with Gasteiger partial charge in [0.2, 0.25) is 11.7 Å². The van der Waals surface area contributed by atoms with Crippen LogP contribution in [0.5, 0.6) is 0 Å². The van der Waals surface area contributed by atoms with Crippen molar-refractivity contribution in [3.8, 4) is 10.7 Å². The van der Waals surface area contributed by atoms with E-state index in [0.717, 1.165) is 54.2 Å². The van der Waals surface area contributed by atoms with Gasteiger partial charge in [-0.05, 0) is 54.1 Å². The zero-order valence-corrected chi connectivity index (χ0v) is 16.7. The molecule has 0 atom stereocenters. The maximum absolute atomic E-state index is 13.2. The summed E-state index contributed by atoms with van der Waals surface area (Å²) in [5, 5.41) is 16.4. The smallest absolute Gasteiger partial charge is 0.370 e. The minimum Gasteiger partial charge on any atom is -0.370 e. The number of carbonyl (C=O) groups excluding carboxylic acids is 1. The normalized spacial score (nSPS) is 14.7. The highest BCUT2D eigenvalue weighted by Crippen LogP contribution is 2.36. The number of aromatic nitrogens is 4. The molecule has 1 fully saturated rings. The molecule has 2 aromatic heterocycles. The third-order valence-electron chi connectivity index (χ3n) is 4.77. The molecule has 1 aliphatic rings. The molecule has 3 aromatic rings. The third kappa shape index (κ3) is 4.61. The number of benzene rings is 1. The minimum atomic E-state index is -4.50. The Morgan fingerprint density at radius 1 is 1.17 bits per heavy atom. The van der Waals surface area contributed by atoms with Gasteiger partial charge < -0.3 is 10.2 Å². The number of thiophene rings is 1. The number of piperidine rings is 1. The molecule has 3 heterocycles. The molecule has 4 rings (SSSR count). The van der Waals surface area contributed by atoms with Gasteiger partial charge in [-0.1, -0.05) is 6.07 Å². The fourth-order valence-electron chi connectivity index (χ4n) is 3.36. The first-order valence-electron chi connectivity index (χ1n) is 9.48. The van der Waals surface area contributed by atoms with Crippen LogP contribution in [-0.4, -0.2) is 39.2 Å². The Labute approximate surface area is 174 Å². The van der Waals surface area contributed by atoms with Gasteiger partial charge in [-0.15, -0.1) is 21.5 Å². The average Bonchev–Trinajstić information content (AvgIpc) is 3.39. The zero-order chi connectivity index (χ0) is 21.1. The summed E-state index contributed by atoms with van der Waals surface area (Å²) >= 11 is 1.44. The van der Waals surface area contributed by atoms with Crippen molar-refractivity contribution in [1.29, 1.82) is 0 Å². The molecule has 1 N–H and O–H groups in total. The van der Waals surface area contributed by atoms with Gasteiger partial charge in [0.15, 0.2) is 0 Å². The molecule has 7 nitrogen and oxygen atoms in total. The van der Waals surface area contributed by atoms with E-state index in [1.807, 2.05) is 22.4 Å². The van der Waals surface area contributed by atoms with E-state index in [0.29, 0.717) is 11.5 Å². The Hall–Kier alpha value is -2.95. The van der Waals surface area contributed by atoms with Crippen molar-refractivity contribution < 1.29 is 18.0 Å². The summed E-state index contributed by atoms with van der Waals surface area (Å²) < 4.78 is 39.6. The lowest BCUT2D eigenvalue weighted by molar-refractivity contribution is -0.137. The average molecular weight is 436 g/mol. The second-order valence-corrected chi connectivity index (χ2v) is 7.89. The predicted molar refractivity (Wildman–Crippen MR) is 107 cm³/mol. The number of hydrogen-bond acceptors (Lipinski definition) is 6. The summed E-state index contributed by atoms with van der Waals surface area (Å²) in [7, 11) is 0. The lowest BCUT2D eigenvalue weighted by atomic mass is 10.1. The van der Waals surface area contributed by atoms with Crippen molar-refractivity contribution in [3.63, 3.8) is 0 Å². The molecule has 1 amide bonds. The number of nitrogens with zero attached hydrogens (tertiary/aromatic N) is 5. The second-order valence-electron chi connectivity index (χ2n) is 6.95. The van der Waals surface area contributed by atoms with Crippen LogP contribution in [0.3, 0.4) is 0 Å². The molecule has 11 heteroatoms. The lowest BCUT2D eigenvalue weighted by Crippen LogP contribution is -2.31. The minimum absolute atomic E-state index is 0.135. The molecule has 158 valence electrons. The monoisotopic (exact) mass is 436 g/mol. The van der Waals surface area contributed by atoms with Crippen molar-refractivity contribution in [2.45, 2.75) is 32.0 Å². The van der Waals surface area contributed by atoms with E-state index in [1.165, 1.54) is 17.4 Å². The highest BCUT2D eigenvalue weighted by molar-refractivity contribution is 7.13. The molecule has 0 radical (unpaired) electrons. The second kappa shape index (κ2) is 8.42. The number of nitrogens with one attached hydrogen (secondary N) is 1. The van der Waals surface area contributed by atoms with Gasteiger partial charge >= 0.3 is 6.18 Å². The van der Waals surface area contributed by atoms with E-state index in [2.05, 4.69) is 20.7 Å². The highest BCUT2D eigenvalue weighted by Gasteiger charge is 2.32. The standard InChI is InChI=1S/C19H19F3N6OS/c20-19(21,22)13-6-7-15(27-8-2-1-3-9-27)14(11-13)23-17(29)12-28-25-18(24-26-28)16-5-4-10-30-16/h4-7,10-11H,1-3,8-9,12H2,(H,23,29). The number of amides is 1. The molecule has 0 saturated carbocycles. The van der Waals surface area contributed by atoms with Crippen LogP contribution < -0.4 is 10.2 Å². The Kier molecular flexibility index (Phi) is 5.71. The summed E-state index contributed by atoms with van der Waals surface area (Å²) in [6, 6.07) is 7.13. The van der Waals surface area contributed by atoms with Crippen LogP contribution in [0.15, 0.2) is 35.7 Å². The van der Waals surface area contributed by atoms with Gasteiger partial charge in [-0.2, -0.15) is 18.0 Å². The Morgan fingerprint density at radius 2 is 1.97 bits per heavy atom. The number of rotatable bonds is 5. The maximum atomic E-state index is 13.2. The fourth-order valence-corrected chi connectivity index (χ4v) is 4.00. The molecular weight excluding hydrogens is 417 g/mol. The van der Waals surface area contributed by atoms with Gasteiger partial charge in [0, 0.05) is 13.1 Å².